The first-order valence-electron chi connectivity index (χ1n) is 9.27. The van der Waals surface area contributed by atoms with Gasteiger partial charge in [0.05, 0.1) is 6.61 Å². The third kappa shape index (κ3) is 3.66. The molecule has 4 nitrogen and oxygen atoms in total. The summed E-state index contributed by atoms with van der Waals surface area (Å²) in [5.41, 5.74) is 11.8. The van der Waals surface area contributed by atoms with Crippen molar-refractivity contribution >= 4 is 10.9 Å². The van der Waals surface area contributed by atoms with Crippen molar-refractivity contribution in [2.75, 3.05) is 19.8 Å². The lowest BCUT2D eigenvalue weighted by Gasteiger charge is -2.13. The highest BCUT2D eigenvalue weighted by Crippen LogP contribution is 2.31. The van der Waals surface area contributed by atoms with Crippen molar-refractivity contribution in [1.29, 1.82) is 0 Å². The maximum absolute atomic E-state index is 6.11. The molecular formula is C20H31N3O. The normalized spacial score (nSPS) is 16.0. The predicted octanol–water partition coefficient (Wildman–Crippen LogP) is 3.20. The molecule has 1 unspecified atom stereocenters. The Kier molecular flexibility index (Phi) is 5.59. The summed E-state index contributed by atoms with van der Waals surface area (Å²) < 4.78 is 7.77. The van der Waals surface area contributed by atoms with Crippen LogP contribution in [-0.2, 0) is 31.3 Å². The third-order valence-corrected chi connectivity index (χ3v) is 5.25. The summed E-state index contributed by atoms with van der Waals surface area (Å²) in [5, 5.41) is 1.41. The van der Waals surface area contributed by atoms with Crippen LogP contribution in [0, 0.1) is 0 Å². The number of aromatic nitrogens is 1. The minimum absolute atomic E-state index is 0.309. The van der Waals surface area contributed by atoms with E-state index in [1.807, 2.05) is 0 Å². The lowest BCUT2D eigenvalue weighted by molar-refractivity contribution is 0.113. The topological polar surface area (TPSA) is 43.4 Å². The van der Waals surface area contributed by atoms with Crippen LogP contribution in [0.5, 0.6) is 0 Å². The zero-order chi connectivity index (χ0) is 17.1. The van der Waals surface area contributed by atoms with Crippen molar-refractivity contribution < 1.29 is 4.74 Å². The molecule has 0 amide bonds. The Hall–Kier alpha value is -1.36. The first-order valence-corrected chi connectivity index (χ1v) is 9.27. The Bertz CT molecular complexity index is 692. The second-order valence-electron chi connectivity index (χ2n) is 7.02. The lowest BCUT2D eigenvalue weighted by Crippen LogP contribution is -2.21. The quantitative estimate of drug-likeness (QED) is 0.756. The fraction of sp³-hybridized carbons (Fsp3) is 0.600. The Morgan fingerprint density at radius 3 is 2.67 bits per heavy atom. The van der Waals surface area contributed by atoms with Gasteiger partial charge >= 0.3 is 0 Å². The zero-order valence-corrected chi connectivity index (χ0v) is 15.3. The molecule has 4 heteroatoms. The molecule has 2 heterocycles. The van der Waals surface area contributed by atoms with Gasteiger partial charge in [-0.25, -0.2) is 0 Å². The zero-order valence-electron chi connectivity index (χ0n) is 15.3. The van der Waals surface area contributed by atoms with Gasteiger partial charge in [0.1, 0.15) is 0 Å². The highest BCUT2D eigenvalue weighted by atomic mass is 16.5. The molecule has 2 N–H and O–H groups in total. The van der Waals surface area contributed by atoms with E-state index < -0.39 is 0 Å². The SMILES string of the molecule is CCOCCN1Cc2cc3c(CCC(N)CC)cn(C)c3cc2C1. The van der Waals surface area contributed by atoms with Gasteiger partial charge in [0.25, 0.3) is 0 Å². The summed E-state index contributed by atoms with van der Waals surface area (Å²) in [5.74, 6) is 0. The van der Waals surface area contributed by atoms with Gasteiger partial charge in [0.2, 0.25) is 0 Å². The number of benzene rings is 1. The molecule has 1 aliphatic rings. The molecule has 1 atom stereocenters. The van der Waals surface area contributed by atoms with Crippen LogP contribution < -0.4 is 5.73 Å². The van der Waals surface area contributed by atoms with E-state index in [0.717, 1.165) is 52.1 Å². The monoisotopic (exact) mass is 329 g/mol. The minimum atomic E-state index is 0.309. The van der Waals surface area contributed by atoms with Gasteiger partial charge in [-0.05, 0) is 55.0 Å². The standard InChI is InChI=1S/C20H31N3O/c1-4-18(21)7-6-15-12-22(3)20-11-17-14-23(8-9-24-5-2)13-16(17)10-19(15)20/h10-12,18H,4-9,13-14,21H2,1-3H3. The molecule has 1 aliphatic heterocycles. The summed E-state index contributed by atoms with van der Waals surface area (Å²) in [6.07, 6.45) is 5.47. The van der Waals surface area contributed by atoms with E-state index >= 15 is 0 Å². The molecule has 0 fully saturated rings. The molecule has 0 saturated carbocycles. The van der Waals surface area contributed by atoms with E-state index in [2.05, 4.69) is 48.7 Å². The van der Waals surface area contributed by atoms with E-state index in [1.54, 1.807) is 0 Å². The number of nitrogens with two attached hydrogens (primary N) is 1. The van der Waals surface area contributed by atoms with E-state index in [4.69, 9.17) is 10.5 Å². The summed E-state index contributed by atoms with van der Waals surface area (Å²) in [7, 11) is 2.15. The number of rotatable bonds is 8. The van der Waals surface area contributed by atoms with Gasteiger partial charge in [-0.1, -0.05) is 6.92 Å². The van der Waals surface area contributed by atoms with Crippen LogP contribution in [0.3, 0.4) is 0 Å². The van der Waals surface area contributed by atoms with Crippen LogP contribution in [0.4, 0.5) is 0 Å². The summed E-state index contributed by atoms with van der Waals surface area (Å²) >= 11 is 0. The smallest absolute Gasteiger partial charge is 0.0593 e. The first kappa shape index (κ1) is 17.5. The van der Waals surface area contributed by atoms with Crippen molar-refractivity contribution in [1.82, 2.24) is 9.47 Å². The minimum Gasteiger partial charge on any atom is -0.380 e. The van der Waals surface area contributed by atoms with Crippen LogP contribution in [-0.4, -0.2) is 35.3 Å². The highest BCUT2D eigenvalue weighted by Gasteiger charge is 2.21. The lowest BCUT2D eigenvalue weighted by atomic mass is 10.0. The van der Waals surface area contributed by atoms with Crippen molar-refractivity contribution in [3.63, 3.8) is 0 Å². The van der Waals surface area contributed by atoms with Crippen molar-refractivity contribution in [3.05, 3.63) is 35.0 Å². The first-order chi connectivity index (χ1) is 11.6. The maximum Gasteiger partial charge on any atom is 0.0593 e. The average Bonchev–Trinajstić information content (AvgIpc) is 3.11. The number of nitrogens with zero attached hydrogens (tertiary/aromatic N) is 2. The number of hydrogen-bond donors (Lipinski definition) is 1. The van der Waals surface area contributed by atoms with Crippen molar-refractivity contribution in [2.45, 2.75) is 52.2 Å². The largest absolute Gasteiger partial charge is 0.380 e. The van der Waals surface area contributed by atoms with Crippen LogP contribution in [0.1, 0.15) is 43.4 Å². The Labute approximate surface area is 145 Å². The maximum atomic E-state index is 6.11. The fourth-order valence-corrected chi connectivity index (χ4v) is 3.67. The van der Waals surface area contributed by atoms with E-state index in [-0.39, 0.29) is 0 Å². The van der Waals surface area contributed by atoms with Crippen LogP contribution in [0.15, 0.2) is 18.3 Å². The third-order valence-electron chi connectivity index (χ3n) is 5.25. The Balaban J connectivity index is 1.78. The number of hydrogen-bond acceptors (Lipinski definition) is 3. The van der Waals surface area contributed by atoms with Gasteiger partial charge in [-0.15, -0.1) is 0 Å². The Morgan fingerprint density at radius 1 is 1.21 bits per heavy atom. The molecule has 0 bridgehead atoms. The van der Waals surface area contributed by atoms with Gasteiger partial charge in [-0.3, -0.25) is 4.90 Å². The molecule has 1 aromatic carbocycles. The van der Waals surface area contributed by atoms with Crippen LogP contribution in [0.2, 0.25) is 0 Å². The highest BCUT2D eigenvalue weighted by molar-refractivity contribution is 5.85. The van der Waals surface area contributed by atoms with Gasteiger partial charge in [0.15, 0.2) is 0 Å². The van der Waals surface area contributed by atoms with Gasteiger partial charge < -0.3 is 15.0 Å². The van der Waals surface area contributed by atoms with Crippen molar-refractivity contribution in [3.8, 4) is 0 Å². The van der Waals surface area contributed by atoms with E-state index in [1.165, 1.54) is 27.6 Å². The van der Waals surface area contributed by atoms with Crippen molar-refractivity contribution in [2.24, 2.45) is 12.8 Å². The average molecular weight is 329 g/mol. The van der Waals surface area contributed by atoms with Gasteiger partial charge in [-0.2, -0.15) is 0 Å². The van der Waals surface area contributed by atoms with Crippen LogP contribution >= 0.6 is 0 Å². The number of aryl methyl sites for hydroxylation is 2. The molecule has 24 heavy (non-hydrogen) atoms. The van der Waals surface area contributed by atoms with Crippen LogP contribution in [0.25, 0.3) is 10.9 Å². The molecule has 0 spiro atoms. The summed E-state index contributed by atoms with van der Waals surface area (Å²) in [6, 6.07) is 5.11. The molecule has 0 aliphatic carbocycles. The number of ether oxygens (including phenoxy) is 1. The molecule has 132 valence electrons. The van der Waals surface area contributed by atoms with E-state index in [9.17, 15) is 0 Å². The second-order valence-corrected chi connectivity index (χ2v) is 7.02. The molecule has 1 aromatic heterocycles. The molecule has 2 aromatic rings. The molecule has 0 saturated heterocycles. The summed E-state index contributed by atoms with van der Waals surface area (Å²) in [6.45, 7) is 8.94. The fourth-order valence-electron chi connectivity index (χ4n) is 3.67. The molecule has 0 radical (unpaired) electrons. The molecule has 3 rings (SSSR count). The number of fused-ring (bicyclic) bond motifs is 2. The molecular weight excluding hydrogens is 298 g/mol. The van der Waals surface area contributed by atoms with Gasteiger partial charge in [0, 0.05) is 56.4 Å². The summed E-state index contributed by atoms with van der Waals surface area (Å²) in [4.78, 5) is 2.48. The second kappa shape index (κ2) is 7.68. The van der Waals surface area contributed by atoms with E-state index in [0.29, 0.717) is 6.04 Å². The Morgan fingerprint density at radius 2 is 1.96 bits per heavy atom. The predicted molar refractivity (Wildman–Crippen MR) is 100 cm³/mol.